The van der Waals surface area contributed by atoms with Crippen molar-refractivity contribution in [2.24, 2.45) is 0 Å². The minimum atomic E-state index is -0.947. The first-order chi connectivity index (χ1) is 11.2. The summed E-state index contributed by atoms with van der Waals surface area (Å²) in [6, 6.07) is 9.49. The summed E-state index contributed by atoms with van der Waals surface area (Å²) in [6.07, 6.45) is 3.58. The molecule has 0 aliphatic carbocycles. The first kappa shape index (κ1) is 19.1. The van der Waals surface area contributed by atoms with E-state index in [1.54, 1.807) is 0 Å². The molecule has 0 unspecified atom stereocenters. The van der Waals surface area contributed by atoms with Crippen LogP contribution in [0.5, 0.6) is 0 Å². The molecule has 0 aliphatic heterocycles. The van der Waals surface area contributed by atoms with Gasteiger partial charge in [0.25, 0.3) is 0 Å². The molecule has 0 saturated carbocycles. The van der Waals surface area contributed by atoms with E-state index in [0.717, 1.165) is 31.2 Å². The predicted octanol–water partition coefficient (Wildman–Crippen LogP) is 2.41. The van der Waals surface area contributed by atoms with Gasteiger partial charge in [-0.2, -0.15) is 0 Å². The number of unbranched alkanes of at least 4 members (excludes halogenated alkanes) is 3. The lowest BCUT2D eigenvalue weighted by Crippen LogP contribution is -2.13. The fourth-order valence-corrected chi connectivity index (χ4v) is 1.86. The van der Waals surface area contributed by atoms with E-state index in [9.17, 15) is 9.59 Å². The highest BCUT2D eigenvalue weighted by Crippen LogP contribution is 2.02. The summed E-state index contributed by atoms with van der Waals surface area (Å²) in [4.78, 5) is 21.7. The summed E-state index contributed by atoms with van der Waals surface area (Å²) in [5.41, 5.74) is 0.950. The van der Waals surface area contributed by atoms with Gasteiger partial charge in [0.1, 0.15) is 19.8 Å². The molecule has 0 amide bonds. The average Bonchev–Trinajstić information content (AvgIpc) is 2.55. The lowest BCUT2D eigenvalue weighted by atomic mass is 10.2. The van der Waals surface area contributed by atoms with Crippen LogP contribution < -0.4 is 0 Å². The minimum absolute atomic E-state index is 0.0332. The fourth-order valence-electron chi connectivity index (χ4n) is 1.86. The topological polar surface area (TPSA) is 82.1 Å². The van der Waals surface area contributed by atoms with Crippen LogP contribution in [0, 0.1) is 0 Å². The molecule has 128 valence electrons. The maximum Gasteiger partial charge on any atom is 0.332 e. The van der Waals surface area contributed by atoms with Crippen molar-refractivity contribution in [1.82, 2.24) is 0 Å². The van der Waals surface area contributed by atoms with Gasteiger partial charge in [0, 0.05) is 13.2 Å². The summed E-state index contributed by atoms with van der Waals surface area (Å²) in [5.74, 6) is -1.31. The molecule has 23 heavy (non-hydrogen) atoms. The maximum absolute atomic E-state index is 11.5. The number of carbonyl (C=O) groups excluding carboxylic acids is 1. The Morgan fingerprint density at radius 3 is 2.09 bits per heavy atom. The van der Waals surface area contributed by atoms with Gasteiger partial charge in [-0.3, -0.25) is 0 Å². The van der Waals surface area contributed by atoms with Crippen LogP contribution in [-0.2, 0) is 30.4 Å². The number of benzene rings is 1. The zero-order chi connectivity index (χ0) is 16.8. The second-order valence-corrected chi connectivity index (χ2v) is 5.06. The summed E-state index contributed by atoms with van der Waals surface area (Å²) in [6.45, 7) is 0.956. The Bertz CT molecular complexity index is 446. The number of hydrogen-bond acceptors (Lipinski definition) is 5. The number of carbonyl (C=O) groups is 2. The highest BCUT2D eigenvalue weighted by molar-refractivity contribution is 5.70. The van der Waals surface area contributed by atoms with Crippen molar-refractivity contribution >= 4 is 11.9 Å². The van der Waals surface area contributed by atoms with Crippen LogP contribution in [0.25, 0.3) is 0 Å². The van der Waals surface area contributed by atoms with Crippen LogP contribution in [-0.4, -0.2) is 43.5 Å². The Hall–Kier alpha value is -1.92. The third kappa shape index (κ3) is 11.3. The molecule has 1 aromatic carbocycles. The molecule has 0 heterocycles. The summed E-state index contributed by atoms with van der Waals surface area (Å²) in [7, 11) is 0. The molecule has 6 heteroatoms. The molecule has 1 aromatic rings. The van der Waals surface area contributed by atoms with Crippen molar-refractivity contribution in [3.63, 3.8) is 0 Å². The molecule has 0 radical (unpaired) electrons. The zero-order valence-corrected chi connectivity index (χ0v) is 13.2. The van der Waals surface area contributed by atoms with Crippen molar-refractivity contribution in [1.29, 1.82) is 0 Å². The first-order valence-electron chi connectivity index (χ1n) is 7.75. The van der Waals surface area contributed by atoms with E-state index in [4.69, 9.17) is 19.3 Å². The molecule has 0 aromatic heterocycles. The largest absolute Gasteiger partial charge is 0.480 e. The molecule has 6 nitrogen and oxygen atoms in total. The van der Waals surface area contributed by atoms with E-state index in [1.807, 2.05) is 30.3 Å². The van der Waals surface area contributed by atoms with Crippen LogP contribution in [0.1, 0.15) is 31.2 Å². The second kappa shape index (κ2) is 12.6. The van der Waals surface area contributed by atoms with E-state index in [1.165, 1.54) is 0 Å². The van der Waals surface area contributed by atoms with E-state index < -0.39 is 5.97 Å². The number of carboxylic acids is 1. The van der Waals surface area contributed by atoms with Gasteiger partial charge in [0.2, 0.25) is 0 Å². The molecule has 0 saturated heterocycles. The van der Waals surface area contributed by atoms with Gasteiger partial charge in [0.05, 0.1) is 0 Å². The fraction of sp³-hybridized carbons (Fsp3) is 0.529. The van der Waals surface area contributed by atoms with E-state index >= 15 is 0 Å². The molecule has 1 rings (SSSR count). The maximum atomic E-state index is 11.5. The van der Waals surface area contributed by atoms with Crippen LogP contribution in [0.3, 0.4) is 0 Å². The zero-order valence-electron chi connectivity index (χ0n) is 13.2. The number of rotatable bonds is 13. The van der Waals surface area contributed by atoms with Crippen molar-refractivity contribution in [3.05, 3.63) is 35.9 Å². The van der Waals surface area contributed by atoms with E-state index in [-0.39, 0.29) is 25.8 Å². The van der Waals surface area contributed by atoms with Gasteiger partial charge in [-0.15, -0.1) is 0 Å². The van der Waals surface area contributed by atoms with Gasteiger partial charge < -0.3 is 19.3 Å². The molecule has 0 spiro atoms. The van der Waals surface area contributed by atoms with Gasteiger partial charge in [-0.1, -0.05) is 43.2 Å². The average molecular weight is 324 g/mol. The van der Waals surface area contributed by atoms with Gasteiger partial charge >= 0.3 is 11.9 Å². The number of hydrogen-bond donors (Lipinski definition) is 1. The molecule has 1 N–H and O–H groups in total. The number of esters is 1. The lowest BCUT2D eigenvalue weighted by Gasteiger charge is -2.06. The molecule has 0 bridgehead atoms. The number of aliphatic carboxylic acids is 1. The third-order valence-electron chi connectivity index (χ3n) is 3.02. The molecular weight excluding hydrogens is 300 g/mol. The molecular formula is C17H24O6. The lowest BCUT2D eigenvalue weighted by molar-refractivity contribution is -0.150. The van der Waals surface area contributed by atoms with E-state index in [0.29, 0.717) is 13.2 Å². The van der Waals surface area contributed by atoms with Gasteiger partial charge in [-0.25, -0.2) is 9.59 Å². The monoisotopic (exact) mass is 324 g/mol. The third-order valence-corrected chi connectivity index (χ3v) is 3.02. The van der Waals surface area contributed by atoms with Crippen molar-refractivity contribution in [2.75, 3.05) is 26.4 Å². The molecule has 0 fully saturated rings. The standard InChI is InChI=1S/C17H24O6/c18-16(19)13-21-10-6-1-2-7-11-22-14-17(20)23-12-15-8-4-3-5-9-15/h3-5,8-9H,1-2,6-7,10-14H2,(H,18,19). The highest BCUT2D eigenvalue weighted by atomic mass is 16.6. The van der Waals surface area contributed by atoms with Crippen molar-refractivity contribution < 1.29 is 28.9 Å². The second-order valence-electron chi connectivity index (χ2n) is 5.06. The van der Waals surface area contributed by atoms with Crippen LogP contribution in [0.15, 0.2) is 30.3 Å². The Morgan fingerprint density at radius 1 is 0.870 bits per heavy atom. The van der Waals surface area contributed by atoms with Crippen molar-refractivity contribution in [3.8, 4) is 0 Å². The summed E-state index contributed by atoms with van der Waals surface area (Å²) < 4.78 is 15.3. The summed E-state index contributed by atoms with van der Waals surface area (Å²) in [5, 5.41) is 8.38. The van der Waals surface area contributed by atoms with Gasteiger partial charge in [0.15, 0.2) is 0 Å². The van der Waals surface area contributed by atoms with Crippen LogP contribution in [0.4, 0.5) is 0 Å². The smallest absolute Gasteiger partial charge is 0.332 e. The molecule has 0 aliphatic rings. The normalized spacial score (nSPS) is 10.4. The molecule has 0 atom stereocenters. The highest BCUT2D eigenvalue weighted by Gasteiger charge is 2.03. The Balaban J connectivity index is 1.87. The Kier molecular flexibility index (Phi) is 10.5. The quantitative estimate of drug-likeness (QED) is 0.443. The SMILES string of the molecule is O=C(O)COCCCCCCOCC(=O)OCc1ccccc1. The first-order valence-corrected chi connectivity index (χ1v) is 7.75. The van der Waals surface area contributed by atoms with Crippen LogP contribution >= 0.6 is 0 Å². The minimum Gasteiger partial charge on any atom is -0.480 e. The number of ether oxygens (including phenoxy) is 3. The summed E-state index contributed by atoms with van der Waals surface area (Å²) >= 11 is 0. The van der Waals surface area contributed by atoms with Crippen molar-refractivity contribution in [2.45, 2.75) is 32.3 Å². The predicted molar refractivity (Wildman–Crippen MR) is 84.0 cm³/mol. The van der Waals surface area contributed by atoms with Gasteiger partial charge in [-0.05, 0) is 18.4 Å². The van der Waals surface area contributed by atoms with E-state index in [2.05, 4.69) is 0 Å². The number of carboxylic acid groups (broad SMARTS) is 1. The van der Waals surface area contributed by atoms with Crippen LogP contribution in [0.2, 0.25) is 0 Å². The Labute approximate surface area is 136 Å². The Morgan fingerprint density at radius 2 is 1.48 bits per heavy atom.